The van der Waals surface area contributed by atoms with E-state index in [4.69, 9.17) is 17.3 Å². The van der Waals surface area contributed by atoms with Crippen molar-refractivity contribution >= 4 is 38.8 Å². The van der Waals surface area contributed by atoms with Crippen LogP contribution >= 0.6 is 27.5 Å². The van der Waals surface area contributed by atoms with Gasteiger partial charge in [-0.2, -0.15) is 0 Å². The summed E-state index contributed by atoms with van der Waals surface area (Å²) < 4.78 is 0.935. The van der Waals surface area contributed by atoms with Gasteiger partial charge in [-0.05, 0) is 47.0 Å². The molecule has 2 N–H and O–H groups in total. The molecular formula is C10H11BrClN. The Morgan fingerprint density at radius 2 is 2.15 bits per heavy atom. The van der Waals surface area contributed by atoms with Crippen LogP contribution in [0.1, 0.15) is 18.1 Å². The van der Waals surface area contributed by atoms with Crippen molar-refractivity contribution in [3.8, 4) is 0 Å². The first-order valence-electron chi connectivity index (χ1n) is 3.85. The summed E-state index contributed by atoms with van der Waals surface area (Å²) in [4.78, 5) is 0. The van der Waals surface area contributed by atoms with E-state index in [-0.39, 0.29) is 0 Å². The third-order valence-corrected chi connectivity index (χ3v) is 3.22. The Kier molecular flexibility index (Phi) is 3.04. The molecule has 1 aromatic carbocycles. The van der Waals surface area contributed by atoms with Crippen molar-refractivity contribution in [2.75, 3.05) is 5.73 Å². The average Bonchev–Trinajstić information content (AvgIpc) is 1.99. The fourth-order valence-electron chi connectivity index (χ4n) is 1.13. The number of halogens is 2. The first-order valence-corrected chi connectivity index (χ1v) is 5.02. The number of allylic oxidation sites excluding steroid dienone is 1. The fraction of sp³-hybridized carbons (Fsp3) is 0.200. The molecule has 13 heavy (non-hydrogen) atoms. The molecule has 0 amide bonds. The van der Waals surface area contributed by atoms with E-state index >= 15 is 0 Å². The van der Waals surface area contributed by atoms with E-state index < -0.39 is 0 Å². The summed E-state index contributed by atoms with van der Waals surface area (Å²) in [5, 5.41) is 0.641. The van der Waals surface area contributed by atoms with E-state index in [1.54, 1.807) is 6.07 Å². The summed E-state index contributed by atoms with van der Waals surface area (Å²) in [5.41, 5.74) is 9.31. The topological polar surface area (TPSA) is 26.0 Å². The SMILES string of the molecule is C=C(C)c1c(Cl)cc(N)c(C)c1Br. The molecule has 0 spiro atoms. The molecule has 0 aliphatic heterocycles. The van der Waals surface area contributed by atoms with Crippen molar-refractivity contribution in [2.24, 2.45) is 0 Å². The highest BCUT2D eigenvalue weighted by molar-refractivity contribution is 9.10. The maximum Gasteiger partial charge on any atom is 0.0512 e. The number of benzene rings is 1. The third kappa shape index (κ3) is 1.89. The van der Waals surface area contributed by atoms with Gasteiger partial charge < -0.3 is 5.73 Å². The maximum atomic E-state index is 6.03. The molecule has 0 unspecified atom stereocenters. The predicted octanol–water partition coefficient (Wildman–Crippen LogP) is 4.03. The Hall–Kier alpha value is -0.470. The highest BCUT2D eigenvalue weighted by Gasteiger charge is 2.11. The Balaban J connectivity index is 3.53. The summed E-state index contributed by atoms with van der Waals surface area (Å²) >= 11 is 9.49. The van der Waals surface area contributed by atoms with Crippen LogP contribution in [0.4, 0.5) is 5.69 Å². The molecule has 0 aliphatic rings. The monoisotopic (exact) mass is 259 g/mol. The molecule has 0 aliphatic carbocycles. The Morgan fingerprint density at radius 1 is 1.62 bits per heavy atom. The zero-order valence-corrected chi connectivity index (χ0v) is 9.96. The number of rotatable bonds is 1. The highest BCUT2D eigenvalue weighted by Crippen LogP contribution is 2.35. The van der Waals surface area contributed by atoms with Crippen LogP contribution in [-0.4, -0.2) is 0 Å². The van der Waals surface area contributed by atoms with Gasteiger partial charge in [0.05, 0.1) is 5.02 Å². The van der Waals surface area contributed by atoms with Crippen molar-refractivity contribution < 1.29 is 0 Å². The lowest BCUT2D eigenvalue weighted by atomic mass is 10.0. The Morgan fingerprint density at radius 3 is 2.62 bits per heavy atom. The predicted molar refractivity (Wildman–Crippen MR) is 63.0 cm³/mol. The minimum Gasteiger partial charge on any atom is -0.398 e. The normalized spacial score (nSPS) is 10.2. The minimum atomic E-state index is 0.641. The van der Waals surface area contributed by atoms with Crippen LogP contribution in [-0.2, 0) is 0 Å². The number of hydrogen-bond acceptors (Lipinski definition) is 1. The van der Waals surface area contributed by atoms with Gasteiger partial charge in [-0.3, -0.25) is 0 Å². The number of nitrogens with two attached hydrogens (primary N) is 1. The Bertz CT molecular complexity index is 372. The van der Waals surface area contributed by atoms with Gasteiger partial charge in [0.1, 0.15) is 0 Å². The van der Waals surface area contributed by atoms with Gasteiger partial charge in [0.2, 0.25) is 0 Å². The van der Waals surface area contributed by atoms with Crippen molar-refractivity contribution in [1.82, 2.24) is 0 Å². The van der Waals surface area contributed by atoms with Crippen LogP contribution in [0.25, 0.3) is 5.57 Å². The van der Waals surface area contributed by atoms with Gasteiger partial charge in [-0.25, -0.2) is 0 Å². The highest BCUT2D eigenvalue weighted by atomic mass is 79.9. The molecule has 0 fully saturated rings. The van der Waals surface area contributed by atoms with Crippen LogP contribution in [0, 0.1) is 6.92 Å². The number of hydrogen-bond donors (Lipinski definition) is 1. The quantitative estimate of drug-likeness (QED) is 0.758. The first kappa shape index (κ1) is 10.6. The van der Waals surface area contributed by atoms with E-state index in [1.165, 1.54) is 0 Å². The van der Waals surface area contributed by atoms with E-state index in [0.717, 1.165) is 21.2 Å². The third-order valence-electron chi connectivity index (χ3n) is 1.93. The summed E-state index contributed by atoms with van der Waals surface area (Å²) in [6, 6.07) is 1.76. The van der Waals surface area contributed by atoms with Gasteiger partial charge in [0, 0.05) is 15.7 Å². The van der Waals surface area contributed by atoms with Crippen LogP contribution < -0.4 is 5.73 Å². The van der Waals surface area contributed by atoms with Crippen molar-refractivity contribution in [3.05, 3.63) is 33.3 Å². The zero-order chi connectivity index (χ0) is 10.2. The molecule has 1 nitrogen and oxygen atoms in total. The van der Waals surface area contributed by atoms with E-state index in [0.29, 0.717) is 10.7 Å². The minimum absolute atomic E-state index is 0.641. The van der Waals surface area contributed by atoms with Gasteiger partial charge >= 0.3 is 0 Å². The molecule has 0 saturated heterocycles. The number of anilines is 1. The lowest BCUT2D eigenvalue weighted by Gasteiger charge is -2.11. The molecule has 1 aromatic rings. The summed E-state index contributed by atoms with van der Waals surface area (Å²) in [6.45, 7) is 7.73. The smallest absolute Gasteiger partial charge is 0.0512 e. The second kappa shape index (κ2) is 3.72. The van der Waals surface area contributed by atoms with Crippen LogP contribution in [0.15, 0.2) is 17.1 Å². The fourth-order valence-corrected chi connectivity index (χ4v) is 2.40. The first-order chi connectivity index (χ1) is 5.95. The molecule has 0 bridgehead atoms. The summed E-state index contributed by atoms with van der Waals surface area (Å²) in [5.74, 6) is 0. The van der Waals surface area contributed by atoms with Crippen LogP contribution in [0.3, 0.4) is 0 Å². The van der Waals surface area contributed by atoms with E-state index in [9.17, 15) is 0 Å². The molecule has 0 radical (unpaired) electrons. The molecule has 0 aromatic heterocycles. The van der Waals surface area contributed by atoms with Crippen molar-refractivity contribution in [1.29, 1.82) is 0 Å². The lowest BCUT2D eigenvalue weighted by molar-refractivity contribution is 1.40. The van der Waals surface area contributed by atoms with Crippen LogP contribution in [0.2, 0.25) is 5.02 Å². The second-order valence-corrected chi connectivity index (χ2v) is 4.24. The standard InChI is InChI=1S/C10H11BrClN/c1-5(2)9-7(12)4-8(13)6(3)10(9)11/h4H,1,13H2,2-3H3. The molecule has 0 saturated carbocycles. The molecule has 1 rings (SSSR count). The molecule has 0 heterocycles. The van der Waals surface area contributed by atoms with E-state index in [2.05, 4.69) is 22.5 Å². The van der Waals surface area contributed by atoms with Gasteiger partial charge in [-0.1, -0.05) is 18.2 Å². The summed E-state index contributed by atoms with van der Waals surface area (Å²) in [7, 11) is 0. The zero-order valence-electron chi connectivity index (χ0n) is 7.62. The molecule has 70 valence electrons. The van der Waals surface area contributed by atoms with E-state index in [1.807, 2.05) is 13.8 Å². The second-order valence-electron chi connectivity index (χ2n) is 3.04. The largest absolute Gasteiger partial charge is 0.398 e. The van der Waals surface area contributed by atoms with Gasteiger partial charge in [0.15, 0.2) is 0 Å². The maximum absolute atomic E-state index is 6.03. The molecule has 0 atom stereocenters. The average molecular weight is 261 g/mol. The van der Waals surface area contributed by atoms with Gasteiger partial charge in [-0.15, -0.1) is 0 Å². The lowest BCUT2D eigenvalue weighted by Crippen LogP contribution is -1.94. The van der Waals surface area contributed by atoms with Crippen molar-refractivity contribution in [2.45, 2.75) is 13.8 Å². The molecular weight excluding hydrogens is 249 g/mol. The number of nitrogen functional groups attached to an aromatic ring is 1. The van der Waals surface area contributed by atoms with Crippen LogP contribution in [0.5, 0.6) is 0 Å². The summed E-state index contributed by atoms with van der Waals surface area (Å²) in [6.07, 6.45) is 0. The van der Waals surface area contributed by atoms with Gasteiger partial charge in [0.25, 0.3) is 0 Å². The Labute approximate surface area is 91.7 Å². The molecule has 3 heteroatoms. The van der Waals surface area contributed by atoms with Crippen molar-refractivity contribution in [3.63, 3.8) is 0 Å².